The number of thiophene rings is 1. The molecule has 4 N–H and O–H groups in total. The molecule has 13 heteroatoms. The maximum Gasteiger partial charge on any atom is 0.334 e. The fourth-order valence-electron chi connectivity index (χ4n) is 2.44. The molecule has 0 saturated carbocycles. The van der Waals surface area contributed by atoms with Gasteiger partial charge in [-0.1, -0.05) is 0 Å². The van der Waals surface area contributed by atoms with Crippen LogP contribution in [0, 0.1) is 6.92 Å². The van der Waals surface area contributed by atoms with Crippen LogP contribution in [0.2, 0.25) is 0 Å². The predicted octanol–water partition coefficient (Wildman–Crippen LogP) is 2.30. The Kier molecular flexibility index (Phi) is 8.59. The highest BCUT2D eigenvalue weighted by Gasteiger charge is 2.22. The summed E-state index contributed by atoms with van der Waals surface area (Å²) in [5.41, 5.74) is 0.804. The summed E-state index contributed by atoms with van der Waals surface area (Å²) in [5, 5.41) is 7.19. The number of nitrogens with zero attached hydrogens (tertiary/aromatic N) is 1. The van der Waals surface area contributed by atoms with Crippen molar-refractivity contribution in [1.29, 1.82) is 0 Å². The van der Waals surface area contributed by atoms with E-state index in [0.717, 1.165) is 21.8 Å². The average Bonchev–Trinajstić information content (AvgIpc) is 3.07. The van der Waals surface area contributed by atoms with Crippen molar-refractivity contribution in [2.45, 2.75) is 24.5 Å². The molecule has 0 bridgehead atoms. The van der Waals surface area contributed by atoms with E-state index >= 15 is 0 Å². The number of rotatable bonds is 9. The number of nitrogens with one attached hydrogen (secondary N) is 4. The van der Waals surface area contributed by atoms with Crippen molar-refractivity contribution in [1.82, 2.24) is 15.0 Å². The molecular formula is C18H25N5O6S2. The van der Waals surface area contributed by atoms with Gasteiger partial charge in [0.1, 0.15) is 21.6 Å². The van der Waals surface area contributed by atoms with Crippen molar-refractivity contribution in [2.75, 3.05) is 38.0 Å². The Balaban J connectivity index is 2.16. The van der Waals surface area contributed by atoms with E-state index in [9.17, 15) is 18.0 Å². The van der Waals surface area contributed by atoms with Gasteiger partial charge in [0.15, 0.2) is 0 Å². The minimum atomic E-state index is -4.08. The second-order valence-electron chi connectivity index (χ2n) is 6.18. The van der Waals surface area contributed by atoms with Gasteiger partial charge in [-0.2, -0.15) is 0 Å². The predicted molar refractivity (Wildman–Crippen MR) is 117 cm³/mol. The molecule has 31 heavy (non-hydrogen) atoms. The van der Waals surface area contributed by atoms with Crippen LogP contribution in [-0.2, 0) is 21.2 Å². The molecule has 0 aliphatic rings. The van der Waals surface area contributed by atoms with Gasteiger partial charge < -0.3 is 14.8 Å². The number of pyridine rings is 1. The molecule has 0 saturated heterocycles. The molecule has 2 heterocycles. The lowest BCUT2D eigenvalue weighted by Crippen LogP contribution is -2.34. The molecule has 0 radical (unpaired) electrons. The number of ether oxygens (including phenoxy) is 2. The van der Waals surface area contributed by atoms with Crippen LogP contribution in [0.1, 0.15) is 17.4 Å². The summed E-state index contributed by atoms with van der Waals surface area (Å²) in [6, 6.07) is 2.86. The highest BCUT2D eigenvalue weighted by Crippen LogP contribution is 2.26. The van der Waals surface area contributed by atoms with E-state index in [2.05, 4.69) is 20.9 Å². The smallest absolute Gasteiger partial charge is 0.334 e. The Hall–Kier alpha value is -2.90. The lowest BCUT2D eigenvalue weighted by atomic mass is 10.2. The quantitative estimate of drug-likeness (QED) is 0.439. The molecule has 4 amide bonds. The van der Waals surface area contributed by atoms with Gasteiger partial charge in [0, 0.05) is 37.6 Å². The van der Waals surface area contributed by atoms with Crippen molar-refractivity contribution >= 4 is 45.1 Å². The van der Waals surface area contributed by atoms with E-state index in [4.69, 9.17) is 9.47 Å². The minimum absolute atomic E-state index is 0.00630. The van der Waals surface area contributed by atoms with Gasteiger partial charge in [-0.25, -0.2) is 27.7 Å². The zero-order valence-electron chi connectivity index (χ0n) is 17.6. The lowest BCUT2D eigenvalue weighted by Gasteiger charge is -2.11. The van der Waals surface area contributed by atoms with Crippen molar-refractivity contribution in [2.24, 2.45) is 0 Å². The zero-order valence-corrected chi connectivity index (χ0v) is 19.2. The highest BCUT2D eigenvalue weighted by atomic mass is 32.2. The summed E-state index contributed by atoms with van der Waals surface area (Å²) < 4.78 is 37.6. The van der Waals surface area contributed by atoms with Crippen LogP contribution in [0.4, 0.5) is 21.2 Å². The van der Waals surface area contributed by atoms with E-state index in [1.807, 2.05) is 4.72 Å². The molecule has 0 spiro atoms. The van der Waals surface area contributed by atoms with Gasteiger partial charge in [-0.15, -0.1) is 11.3 Å². The van der Waals surface area contributed by atoms with Gasteiger partial charge in [0.25, 0.3) is 10.0 Å². The van der Waals surface area contributed by atoms with Crippen LogP contribution >= 0.6 is 11.3 Å². The first-order chi connectivity index (χ1) is 14.7. The summed E-state index contributed by atoms with van der Waals surface area (Å²) in [6.07, 6.45) is 0.573. The summed E-state index contributed by atoms with van der Waals surface area (Å²) >= 11 is 1.07. The van der Waals surface area contributed by atoms with Crippen LogP contribution in [0.5, 0.6) is 5.75 Å². The largest absolute Gasteiger partial charge is 0.494 e. The van der Waals surface area contributed by atoms with Gasteiger partial charge in [0.05, 0.1) is 13.2 Å². The van der Waals surface area contributed by atoms with Gasteiger partial charge in [0.2, 0.25) is 0 Å². The number of sulfonamides is 1. The Bertz CT molecular complexity index is 1040. The number of urea groups is 2. The summed E-state index contributed by atoms with van der Waals surface area (Å²) in [7, 11) is -1.08. The number of carbonyl (C=O) groups excluding carboxylic acids is 2. The number of aromatic nitrogens is 1. The molecule has 170 valence electrons. The van der Waals surface area contributed by atoms with Crippen LogP contribution < -0.4 is 25.4 Å². The number of amides is 4. The molecule has 11 nitrogen and oxygen atoms in total. The first-order valence-electron chi connectivity index (χ1n) is 9.24. The number of anilines is 2. The van der Waals surface area contributed by atoms with Gasteiger partial charge >= 0.3 is 12.1 Å². The van der Waals surface area contributed by atoms with E-state index < -0.39 is 22.1 Å². The van der Waals surface area contributed by atoms with Gasteiger partial charge in [-0.05, 0) is 25.5 Å². The molecule has 0 atom stereocenters. The molecule has 0 aromatic carbocycles. The second kappa shape index (κ2) is 10.9. The number of methoxy groups -OCH3 is 1. The molecule has 0 aliphatic heterocycles. The molecule has 2 rings (SSSR count). The van der Waals surface area contributed by atoms with Crippen molar-refractivity contribution in [3.63, 3.8) is 0 Å². The number of hydrogen-bond acceptors (Lipinski definition) is 8. The van der Waals surface area contributed by atoms with E-state index in [0.29, 0.717) is 25.4 Å². The average molecular weight is 472 g/mol. The van der Waals surface area contributed by atoms with E-state index in [1.54, 1.807) is 21.0 Å². The molecule has 0 fully saturated rings. The summed E-state index contributed by atoms with van der Waals surface area (Å²) in [4.78, 5) is 28.8. The van der Waals surface area contributed by atoms with E-state index in [-0.39, 0.29) is 15.8 Å². The van der Waals surface area contributed by atoms with Crippen LogP contribution in [0.25, 0.3) is 0 Å². The molecule has 2 aromatic rings. The standard InChI is InChI=1S/C18H25N5O6S2/c1-5-29-12-9-14(21-17(24)19-3)20-15(10-12)22-18(25)23-31(26,27)16-8-11(2)13(30-16)6-7-28-4/h8-10H,5-7H2,1-4H3,(H4,19,20,21,22,23,24,25). The van der Waals surface area contributed by atoms with Gasteiger partial charge in [-0.3, -0.25) is 10.6 Å². The molecule has 0 aliphatic carbocycles. The molecular weight excluding hydrogens is 446 g/mol. The first kappa shape index (κ1) is 24.4. The first-order valence-corrected chi connectivity index (χ1v) is 11.5. The third-order valence-corrected chi connectivity index (χ3v) is 6.94. The zero-order chi connectivity index (χ0) is 23.0. The summed E-state index contributed by atoms with van der Waals surface area (Å²) in [6.45, 7) is 4.36. The fraction of sp³-hybridized carbons (Fsp3) is 0.389. The summed E-state index contributed by atoms with van der Waals surface area (Å²) in [5.74, 6) is 0.437. The maximum absolute atomic E-state index is 12.6. The normalized spacial score (nSPS) is 11.0. The van der Waals surface area contributed by atoms with Crippen molar-refractivity contribution in [3.05, 3.63) is 28.6 Å². The third kappa shape index (κ3) is 7.08. The third-order valence-electron chi connectivity index (χ3n) is 3.84. The van der Waals surface area contributed by atoms with Crippen molar-refractivity contribution < 1.29 is 27.5 Å². The SMILES string of the molecule is CCOc1cc(NC(=O)NC)nc(NC(=O)NS(=O)(=O)c2cc(C)c(CCOC)s2)c1. The van der Waals surface area contributed by atoms with Crippen molar-refractivity contribution in [3.8, 4) is 5.75 Å². The molecule has 0 unspecified atom stereocenters. The van der Waals surface area contributed by atoms with Crippen LogP contribution in [0.3, 0.4) is 0 Å². The van der Waals surface area contributed by atoms with Crippen LogP contribution in [-0.4, -0.2) is 52.8 Å². The molecule has 2 aromatic heterocycles. The number of hydrogen-bond donors (Lipinski definition) is 4. The Morgan fingerprint density at radius 1 is 1.13 bits per heavy atom. The number of carbonyl (C=O) groups is 2. The highest BCUT2D eigenvalue weighted by molar-refractivity contribution is 7.92. The second-order valence-corrected chi connectivity index (χ2v) is 9.23. The monoisotopic (exact) mass is 471 g/mol. The Morgan fingerprint density at radius 2 is 1.77 bits per heavy atom. The minimum Gasteiger partial charge on any atom is -0.494 e. The number of aryl methyl sites for hydroxylation is 1. The lowest BCUT2D eigenvalue weighted by molar-refractivity contribution is 0.203. The Morgan fingerprint density at radius 3 is 2.35 bits per heavy atom. The van der Waals surface area contributed by atoms with E-state index in [1.165, 1.54) is 25.2 Å². The maximum atomic E-state index is 12.6. The Labute approximate surface area is 184 Å². The van der Waals surface area contributed by atoms with Crippen LogP contribution in [0.15, 0.2) is 22.4 Å². The topological polar surface area (TPSA) is 148 Å². The fourth-order valence-corrected chi connectivity index (χ4v) is 4.92.